The van der Waals surface area contributed by atoms with Gasteiger partial charge in [-0.15, -0.1) is 0 Å². The lowest BCUT2D eigenvalue weighted by atomic mass is 9.82. The topological polar surface area (TPSA) is 67.8 Å². The molecule has 2 rings (SSSR count). The number of ether oxygens (including phenoxy) is 1. The number of amidine groups is 1. The lowest BCUT2D eigenvalue weighted by Crippen LogP contribution is -2.29. The first-order valence-corrected chi connectivity index (χ1v) is 7.73. The monoisotopic (exact) mass is 340 g/mol. The highest BCUT2D eigenvalue weighted by atomic mass is 79.9. The Morgan fingerprint density at radius 3 is 2.55 bits per heavy atom. The van der Waals surface area contributed by atoms with Crippen LogP contribution >= 0.6 is 15.9 Å². The molecule has 0 aromatic heterocycles. The summed E-state index contributed by atoms with van der Waals surface area (Å²) < 4.78 is 7.04. The molecule has 0 aliphatic heterocycles. The van der Waals surface area contributed by atoms with Crippen molar-refractivity contribution >= 4 is 21.8 Å². The van der Waals surface area contributed by atoms with Crippen LogP contribution in [0.1, 0.15) is 38.7 Å². The summed E-state index contributed by atoms with van der Waals surface area (Å²) in [6.07, 6.45) is 3.54. The van der Waals surface area contributed by atoms with Gasteiger partial charge in [-0.3, -0.25) is 0 Å². The highest BCUT2D eigenvalue weighted by molar-refractivity contribution is 9.10. The van der Waals surface area contributed by atoms with Crippen molar-refractivity contribution in [3.63, 3.8) is 0 Å². The fraction of sp³-hybridized carbons (Fsp3) is 0.533. The zero-order valence-electron chi connectivity index (χ0n) is 11.8. The van der Waals surface area contributed by atoms with Crippen molar-refractivity contribution in [3.05, 3.63) is 28.2 Å². The summed E-state index contributed by atoms with van der Waals surface area (Å²) in [6.45, 7) is 4.52. The Bertz CT molecular complexity index is 495. The number of rotatable bonds is 3. The smallest absolute Gasteiger partial charge is 0.173 e. The van der Waals surface area contributed by atoms with Gasteiger partial charge in [0, 0.05) is 4.47 Å². The summed E-state index contributed by atoms with van der Waals surface area (Å²) in [6, 6.07) is 5.52. The van der Waals surface area contributed by atoms with E-state index in [1.54, 1.807) is 6.07 Å². The molecule has 0 saturated heterocycles. The number of hydrogen-bond acceptors (Lipinski definition) is 3. The third kappa shape index (κ3) is 3.66. The van der Waals surface area contributed by atoms with Gasteiger partial charge in [0.15, 0.2) is 5.84 Å². The lowest BCUT2D eigenvalue weighted by molar-refractivity contribution is 0.101. The molecule has 1 aromatic carbocycles. The maximum atomic E-state index is 8.87. The van der Waals surface area contributed by atoms with Crippen LogP contribution < -0.4 is 10.5 Å². The van der Waals surface area contributed by atoms with Crippen molar-refractivity contribution in [2.75, 3.05) is 0 Å². The van der Waals surface area contributed by atoms with E-state index in [0.29, 0.717) is 23.1 Å². The molecule has 4 nitrogen and oxygen atoms in total. The van der Waals surface area contributed by atoms with Gasteiger partial charge in [0.05, 0.1) is 11.7 Å². The third-order valence-electron chi connectivity index (χ3n) is 3.76. The van der Waals surface area contributed by atoms with Gasteiger partial charge in [-0.05, 0) is 49.3 Å². The van der Waals surface area contributed by atoms with Crippen LogP contribution in [0.2, 0.25) is 0 Å². The van der Waals surface area contributed by atoms with E-state index < -0.39 is 0 Å². The quantitative estimate of drug-likeness (QED) is 0.381. The summed E-state index contributed by atoms with van der Waals surface area (Å²) >= 11 is 3.43. The Morgan fingerprint density at radius 2 is 1.95 bits per heavy atom. The zero-order chi connectivity index (χ0) is 14.7. The summed E-state index contributed by atoms with van der Waals surface area (Å²) in [5, 5.41) is 11.9. The van der Waals surface area contributed by atoms with Crippen molar-refractivity contribution in [3.8, 4) is 5.75 Å². The molecule has 1 aromatic rings. The van der Waals surface area contributed by atoms with Gasteiger partial charge in [0.2, 0.25) is 0 Å². The number of nitrogens with zero attached hydrogens (tertiary/aromatic N) is 1. The van der Waals surface area contributed by atoms with E-state index in [2.05, 4.69) is 34.9 Å². The standard InChI is InChI=1S/C15H21BrN2O2/c1-9-5-10(2)7-12(6-9)20-14-8-11(16)3-4-13(14)15(17)18-19/h3-4,8-10,12,19H,5-7H2,1-2H3,(H2,17,18). The molecule has 2 unspecified atom stereocenters. The first-order chi connectivity index (χ1) is 9.49. The second kappa shape index (κ2) is 6.48. The average molecular weight is 341 g/mol. The van der Waals surface area contributed by atoms with Crippen molar-refractivity contribution in [2.45, 2.75) is 39.2 Å². The maximum absolute atomic E-state index is 8.87. The van der Waals surface area contributed by atoms with E-state index in [9.17, 15) is 0 Å². The molecule has 1 saturated carbocycles. The molecule has 20 heavy (non-hydrogen) atoms. The number of halogens is 1. The van der Waals surface area contributed by atoms with Crippen LogP contribution in [0.5, 0.6) is 5.75 Å². The minimum absolute atomic E-state index is 0.0735. The Kier molecular flexibility index (Phi) is 4.91. The molecule has 1 aliphatic carbocycles. The van der Waals surface area contributed by atoms with Crippen LogP contribution in [0.4, 0.5) is 0 Å². The van der Waals surface area contributed by atoms with Crippen molar-refractivity contribution in [1.82, 2.24) is 0 Å². The van der Waals surface area contributed by atoms with Crippen LogP contribution in [0, 0.1) is 11.8 Å². The Balaban J connectivity index is 2.21. The van der Waals surface area contributed by atoms with Crippen LogP contribution in [0.15, 0.2) is 27.8 Å². The van der Waals surface area contributed by atoms with Gasteiger partial charge in [-0.1, -0.05) is 34.9 Å². The maximum Gasteiger partial charge on any atom is 0.173 e. The molecule has 5 heteroatoms. The van der Waals surface area contributed by atoms with Gasteiger partial charge in [-0.25, -0.2) is 0 Å². The van der Waals surface area contributed by atoms with Crippen LogP contribution in [0.3, 0.4) is 0 Å². The fourth-order valence-electron chi connectivity index (χ4n) is 3.01. The molecule has 0 heterocycles. The van der Waals surface area contributed by atoms with Gasteiger partial charge >= 0.3 is 0 Å². The molecule has 0 radical (unpaired) electrons. The Labute approximate surface area is 128 Å². The largest absolute Gasteiger partial charge is 0.490 e. The fourth-order valence-corrected chi connectivity index (χ4v) is 3.35. The van der Waals surface area contributed by atoms with E-state index in [1.165, 1.54) is 6.42 Å². The minimum atomic E-state index is 0.0735. The SMILES string of the molecule is CC1CC(C)CC(Oc2cc(Br)ccc2/C(N)=N/O)C1. The summed E-state index contributed by atoms with van der Waals surface area (Å²) in [5.41, 5.74) is 6.34. The van der Waals surface area contributed by atoms with Crippen molar-refractivity contribution in [2.24, 2.45) is 22.7 Å². The second-order valence-corrected chi connectivity index (χ2v) is 6.70. The van der Waals surface area contributed by atoms with Crippen LogP contribution in [-0.4, -0.2) is 17.1 Å². The number of benzene rings is 1. The van der Waals surface area contributed by atoms with E-state index in [0.717, 1.165) is 17.3 Å². The van der Waals surface area contributed by atoms with E-state index in [4.69, 9.17) is 15.7 Å². The molecule has 1 aliphatic rings. The van der Waals surface area contributed by atoms with Gasteiger partial charge in [0.1, 0.15) is 5.75 Å². The molecule has 110 valence electrons. The minimum Gasteiger partial charge on any atom is -0.490 e. The van der Waals surface area contributed by atoms with E-state index >= 15 is 0 Å². The van der Waals surface area contributed by atoms with Gasteiger partial charge in [0.25, 0.3) is 0 Å². The van der Waals surface area contributed by atoms with E-state index in [1.807, 2.05) is 12.1 Å². The predicted octanol–water partition coefficient (Wildman–Crippen LogP) is 3.75. The van der Waals surface area contributed by atoms with E-state index in [-0.39, 0.29) is 11.9 Å². The summed E-state index contributed by atoms with van der Waals surface area (Å²) in [4.78, 5) is 0. The highest BCUT2D eigenvalue weighted by Gasteiger charge is 2.26. The lowest BCUT2D eigenvalue weighted by Gasteiger charge is -2.32. The first kappa shape index (κ1) is 15.2. The van der Waals surface area contributed by atoms with Crippen LogP contribution in [0.25, 0.3) is 0 Å². The molecule has 2 atom stereocenters. The molecule has 0 bridgehead atoms. The second-order valence-electron chi connectivity index (χ2n) is 5.78. The van der Waals surface area contributed by atoms with Crippen molar-refractivity contribution < 1.29 is 9.94 Å². The van der Waals surface area contributed by atoms with Crippen molar-refractivity contribution in [1.29, 1.82) is 0 Å². The molecule has 3 N–H and O–H groups in total. The normalized spacial score (nSPS) is 27.4. The third-order valence-corrected chi connectivity index (χ3v) is 4.25. The Hall–Kier alpha value is -1.23. The highest BCUT2D eigenvalue weighted by Crippen LogP contribution is 2.33. The zero-order valence-corrected chi connectivity index (χ0v) is 13.4. The molecule has 0 spiro atoms. The molecular weight excluding hydrogens is 320 g/mol. The predicted molar refractivity (Wildman–Crippen MR) is 83.2 cm³/mol. The van der Waals surface area contributed by atoms with Gasteiger partial charge in [-0.2, -0.15) is 0 Å². The summed E-state index contributed by atoms with van der Waals surface area (Å²) in [7, 11) is 0. The average Bonchev–Trinajstić information content (AvgIpc) is 2.37. The Morgan fingerprint density at radius 1 is 1.30 bits per heavy atom. The molecule has 1 fully saturated rings. The summed E-state index contributed by atoms with van der Waals surface area (Å²) in [5.74, 6) is 2.08. The molecule has 0 amide bonds. The number of hydrogen-bond donors (Lipinski definition) is 2. The van der Waals surface area contributed by atoms with Gasteiger partial charge < -0.3 is 15.7 Å². The number of nitrogens with two attached hydrogens (primary N) is 1. The van der Waals surface area contributed by atoms with Crippen LogP contribution in [-0.2, 0) is 0 Å². The molecular formula is C15H21BrN2O2. The first-order valence-electron chi connectivity index (χ1n) is 6.93. The number of oxime groups is 1.